The normalized spacial score (nSPS) is 15.0. The fraction of sp³-hybridized carbons (Fsp3) is 0.619. The molecule has 1 aliphatic rings. The van der Waals surface area contributed by atoms with Crippen molar-refractivity contribution >= 4 is 35.8 Å². The van der Waals surface area contributed by atoms with Crippen LogP contribution in [0.2, 0.25) is 0 Å². The van der Waals surface area contributed by atoms with Gasteiger partial charge in [-0.05, 0) is 56.2 Å². The average molecular weight is 502 g/mol. The number of aryl methyl sites for hydroxylation is 1. The molecule has 2 rings (SSSR count). The number of halogens is 1. The van der Waals surface area contributed by atoms with E-state index >= 15 is 0 Å². The van der Waals surface area contributed by atoms with Gasteiger partial charge >= 0.3 is 0 Å². The van der Waals surface area contributed by atoms with E-state index in [1.807, 2.05) is 12.1 Å². The van der Waals surface area contributed by atoms with Crippen LogP contribution in [0.5, 0.6) is 5.75 Å². The molecular formula is C21H35IN4O2. The van der Waals surface area contributed by atoms with Gasteiger partial charge in [-0.15, -0.1) is 24.0 Å². The lowest BCUT2D eigenvalue weighted by Crippen LogP contribution is -2.46. The first-order chi connectivity index (χ1) is 13.2. The minimum Gasteiger partial charge on any atom is -0.497 e. The number of guanidine groups is 1. The zero-order chi connectivity index (χ0) is 19.5. The minimum atomic E-state index is 0. The predicted molar refractivity (Wildman–Crippen MR) is 126 cm³/mol. The van der Waals surface area contributed by atoms with Gasteiger partial charge in [-0.1, -0.05) is 12.1 Å². The second-order valence-corrected chi connectivity index (χ2v) is 7.00. The Kier molecular flexibility index (Phi) is 11.9. The number of amides is 1. The third-order valence-electron chi connectivity index (χ3n) is 5.05. The molecule has 28 heavy (non-hydrogen) atoms. The lowest BCUT2D eigenvalue weighted by Gasteiger charge is -2.34. The number of hydrogen-bond donors (Lipinski definition) is 2. The van der Waals surface area contributed by atoms with Gasteiger partial charge in [0.25, 0.3) is 0 Å². The molecule has 0 aromatic heterocycles. The minimum absolute atomic E-state index is 0. The van der Waals surface area contributed by atoms with Crippen LogP contribution in [-0.2, 0) is 11.2 Å². The summed E-state index contributed by atoms with van der Waals surface area (Å²) in [6.45, 7) is 5.71. The molecule has 0 radical (unpaired) electrons. The fourth-order valence-corrected chi connectivity index (χ4v) is 3.40. The molecule has 1 amide bonds. The third kappa shape index (κ3) is 8.24. The van der Waals surface area contributed by atoms with Crippen molar-refractivity contribution in [2.75, 3.05) is 40.3 Å². The maximum Gasteiger partial charge on any atom is 0.220 e. The molecule has 1 aromatic carbocycles. The number of likely N-dealkylation sites (tertiary alicyclic amines) is 1. The molecule has 1 saturated heterocycles. The van der Waals surface area contributed by atoms with E-state index in [4.69, 9.17) is 9.73 Å². The fourth-order valence-electron chi connectivity index (χ4n) is 3.40. The Balaban J connectivity index is 0.00000392. The summed E-state index contributed by atoms with van der Waals surface area (Å²) in [4.78, 5) is 18.7. The third-order valence-corrected chi connectivity index (χ3v) is 5.05. The van der Waals surface area contributed by atoms with Gasteiger partial charge in [-0.25, -0.2) is 0 Å². The molecular weight excluding hydrogens is 467 g/mol. The van der Waals surface area contributed by atoms with Gasteiger partial charge in [0.15, 0.2) is 5.96 Å². The summed E-state index contributed by atoms with van der Waals surface area (Å²) >= 11 is 0. The van der Waals surface area contributed by atoms with Gasteiger partial charge in [0.05, 0.1) is 7.11 Å². The van der Waals surface area contributed by atoms with E-state index in [1.165, 1.54) is 5.56 Å². The van der Waals surface area contributed by atoms with Crippen LogP contribution in [0.4, 0.5) is 0 Å². The number of ether oxygens (including phenoxy) is 1. The summed E-state index contributed by atoms with van der Waals surface area (Å²) in [6, 6.07) is 8.24. The van der Waals surface area contributed by atoms with Crippen molar-refractivity contribution in [2.45, 2.75) is 39.0 Å². The number of piperidine rings is 1. The van der Waals surface area contributed by atoms with E-state index in [1.54, 1.807) is 14.2 Å². The summed E-state index contributed by atoms with van der Waals surface area (Å²) in [5, 5.41) is 6.14. The van der Waals surface area contributed by atoms with Gasteiger partial charge in [0.2, 0.25) is 5.91 Å². The number of carbonyl (C=O) groups is 1. The van der Waals surface area contributed by atoms with E-state index in [2.05, 4.69) is 34.6 Å². The Bertz CT molecular complexity index is 599. The van der Waals surface area contributed by atoms with Crippen molar-refractivity contribution in [1.29, 1.82) is 0 Å². The summed E-state index contributed by atoms with van der Waals surface area (Å²) < 4.78 is 5.20. The van der Waals surface area contributed by atoms with E-state index in [0.717, 1.165) is 63.6 Å². The number of nitrogens with one attached hydrogen (secondary N) is 2. The highest BCUT2D eigenvalue weighted by atomic mass is 127. The molecule has 6 nitrogen and oxygen atoms in total. The van der Waals surface area contributed by atoms with Crippen molar-refractivity contribution in [3.8, 4) is 5.75 Å². The Morgan fingerprint density at radius 2 is 1.93 bits per heavy atom. The molecule has 1 heterocycles. The van der Waals surface area contributed by atoms with E-state index in [9.17, 15) is 4.79 Å². The topological polar surface area (TPSA) is 66.0 Å². The lowest BCUT2D eigenvalue weighted by molar-refractivity contribution is -0.121. The standard InChI is InChI=1S/C21H34N4O2.HI/c1-4-23-21(25-14-11-18(12-15-25)16-20(26)22-2)24-13-5-6-17-7-9-19(27-3)10-8-17;/h7-10,18H,4-6,11-16H2,1-3H3,(H,22,26)(H,23,24);1H. The van der Waals surface area contributed by atoms with Crippen LogP contribution in [0.1, 0.15) is 38.2 Å². The van der Waals surface area contributed by atoms with Crippen LogP contribution in [0.15, 0.2) is 29.3 Å². The van der Waals surface area contributed by atoms with Crippen LogP contribution in [-0.4, -0.2) is 57.1 Å². The molecule has 0 aliphatic carbocycles. The summed E-state index contributed by atoms with van der Waals surface area (Å²) in [6.07, 6.45) is 4.77. The summed E-state index contributed by atoms with van der Waals surface area (Å²) in [5.74, 6) is 2.53. The highest BCUT2D eigenvalue weighted by Gasteiger charge is 2.22. The zero-order valence-corrected chi connectivity index (χ0v) is 19.7. The van der Waals surface area contributed by atoms with Crippen LogP contribution >= 0.6 is 24.0 Å². The number of nitrogens with zero attached hydrogens (tertiary/aromatic N) is 2. The van der Waals surface area contributed by atoms with Gasteiger partial charge < -0.3 is 20.3 Å². The SMILES string of the molecule is CCNC(=NCCCc1ccc(OC)cc1)N1CCC(CC(=O)NC)CC1.I. The molecule has 2 N–H and O–H groups in total. The molecule has 1 fully saturated rings. The molecule has 1 aromatic rings. The molecule has 1 aliphatic heterocycles. The Morgan fingerprint density at radius 3 is 2.50 bits per heavy atom. The number of aliphatic imine (C=N–C) groups is 1. The van der Waals surface area contributed by atoms with Crippen molar-refractivity contribution in [3.63, 3.8) is 0 Å². The van der Waals surface area contributed by atoms with Crippen molar-refractivity contribution in [2.24, 2.45) is 10.9 Å². The number of benzene rings is 1. The van der Waals surface area contributed by atoms with E-state index in [0.29, 0.717) is 12.3 Å². The second kappa shape index (κ2) is 13.6. The second-order valence-electron chi connectivity index (χ2n) is 7.00. The number of methoxy groups -OCH3 is 1. The quantitative estimate of drug-likeness (QED) is 0.248. The van der Waals surface area contributed by atoms with Gasteiger partial charge in [0.1, 0.15) is 5.75 Å². The van der Waals surface area contributed by atoms with Crippen LogP contribution in [0, 0.1) is 5.92 Å². The number of carbonyl (C=O) groups excluding carboxylic acids is 1. The number of hydrogen-bond acceptors (Lipinski definition) is 3. The molecule has 7 heteroatoms. The smallest absolute Gasteiger partial charge is 0.220 e. The molecule has 0 saturated carbocycles. The zero-order valence-electron chi connectivity index (χ0n) is 17.4. The highest BCUT2D eigenvalue weighted by molar-refractivity contribution is 14.0. The van der Waals surface area contributed by atoms with Crippen LogP contribution in [0.3, 0.4) is 0 Å². The summed E-state index contributed by atoms with van der Waals surface area (Å²) in [5.41, 5.74) is 1.31. The highest BCUT2D eigenvalue weighted by Crippen LogP contribution is 2.20. The monoisotopic (exact) mass is 502 g/mol. The van der Waals surface area contributed by atoms with Gasteiger partial charge in [-0.3, -0.25) is 9.79 Å². The Labute approximate surface area is 186 Å². The van der Waals surface area contributed by atoms with Crippen molar-refractivity contribution in [3.05, 3.63) is 29.8 Å². The van der Waals surface area contributed by atoms with E-state index in [-0.39, 0.29) is 29.9 Å². The van der Waals surface area contributed by atoms with E-state index < -0.39 is 0 Å². The average Bonchev–Trinajstić information content (AvgIpc) is 2.71. The van der Waals surface area contributed by atoms with Gasteiger partial charge in [0, 0.05) is 39.6 Å². The Hall–Kier alpha value is -1.51. The van der Waals surface area contributed by atoms with Crippen molar-refractivity contribution < 1.29 is 9.53 Å². The van der Waals surface area contributed by atoms with Crippen molar-refractivity contribution in [1.82, 2.24) is 15.5 Å². The number of rotatable bonds is 8. The first kappa shape index (κ1) is 24.5. The maximum absolute atomic E-state index is 11.6. The maximum atomic E-state index is 11.6. The molecule has 0 bridgehead atoms. The first-order valence-electron chi connectivity index (χ1n) is 10.0. The summed E-state index contributed by atoms with van der Waals surface area (Å²) in [7, 11) is 3.40. The molecule has 0 spiro atoms. The largest absolute Gasteiger partial charge is 0.497 e. The lowest BCUT2D eigenvalue weighted by atomic mass is 9.93. The van der Waals surface area contributed by atoms with Crippen LogP contribution < -0.4 is 15.4 Å². The molecule has 0 atom stereocenters. The molecule has 0 unspecified atom stereocenters. The van der Waals surface area contributed by atoms with Gasteiger partial charge in [-0.2, -0.15) is 0 Å². The first-order valence-corrected chi connectivity index (χ1v) is 10.0. The molecule has 158 valence electrons. The Morgan fingerprint density at radius 1 is 1.25 bits per heavy atom. The predicted octanol–water partition coefficient (Wildman–Crippen LogP) is 3.06. The van der Waals surface area contributed by atoms with Crippen LogP contribution in [0.25, 0.3) is 0 Å².